The lowest BCUT2D eigenvalue weighted by Gasteiger charge is -2.13. The predicted molar refractivity (Wildman–Crippen MR) is 71.6 cm³/mol. The van der Waals surface area contributed by atoms with E-state index in [1.807, 2.05) is 20.8 Å². The lowest BCUT2D eigenvalue weighted by molar-refractivity contribution is -0.120. The number of carbonyl (C=O) groups is 2. The fraction of sp³-hybridized carbons (Fsp3) is 0.583. The summed E-state index contributed by atoms with van der Waals surface area (Å²) in [5.74, 6) is -1.42. The molecule has 0 radical (unpaired) electrons. The average molecular weight is 286 g/mol. The number of aliphatic hydroxyl groups is 1. The van der Waals surface area contributed by atoms with E-state index >= 15 is 0 Å². The number of carboxylic acid groups (broad SMARTS) is 1. The smallest absolute Gasteiger partial charge is 0.347 e. The third kappa shape index (κ3) is 4.29. The Kier molecular flexibility index (Phi) is 5.02. The van der Waals surface area contributed by atoms with Crippen molar-refractivity contribution < 1.29 is 19.8 Å². The minimum atomic E-state index is -1.07. The number of aromatic nitrogens is 1. The molecule has 106 valence electrons. The van der Waals surface area contributed by atoms with Crippen LogP contribution in [-0.4, -0.2) is 40.2 Å². The second-order valence-corrected chi connectivity index (χ2v) is 6.10. The number of hydrogen-bond acceptors (Lipinski definition) is 5. The summed E-state index contributed by atoms with van der Waals surface area (Å²) in [4.78, 5) is 27.1. The standard InChI is InChI=1S/C12H18N2O4S/c1-12(2,3)11-14-7(9(19-11)10(17)18)6-8(16)13-4-5-15/h15H,4-6H2,1-3H3,(H,13,16)(H,17,18). The van der Waals surface area contributed by atoms with Gasteiger partial charge in [0, 0.05) is 12.0 Å². The Morgan fingerprint density at radius 1 is 1.37 bits per heavy atom. The molecule has 1 rings (SSSR count). The molecule has 0 bridgehead atoms. The average Bonchev–Trinajstić information content (AvgIpc) is 2.70. The van der Waals surface area contributed by atoms with Crippen molar-refractivity contribution in [3.63, 3.8) is 0 Å². The quantitative estimate of drug-likeness (QED) is 0.743. The maximum Gasteiger partial charge on any atom is 0.347 e. The van der Waals surface area contributed by atoms with E-state index in [0.717, 1.165) is 11.3 Å². The molecule has 0 aromatic carbocycles. The molecule has 1 aromatic heterocycles. The largest absolute Gasteiger partial charge is 0.477 e. The van der Waals surface area contributed by atoms with Crippen molar-refractivity contribution in [1.29, 1.82) is 0 Å². The zero-order valence-corrected chi connectivity index (χ0v) is 12.0. The van der Waals surface area contributed by atoms with E-state index in [-0.39, 0.29) is 41.5 Å². The van der Waals surface area contributed by atoms with Crippen LogP contribution in [0, 0.1) is 0 Å². The number of aromatic carboxylic acids is 1. The molecule has 3 N–H and O–H groups in total. The van der Waals surface area contributed by atoms with Crippen LogP contribution in [0.25, 0.3) is 0 Å². The molecule has 6 nitrogen and oxygen atoms in total. The van der Waals surface area contributed by atoms with Crippen LogP contribution in [-0.2, 0) is 16.6 Å². The summed E-state index contributed by atoms with van der Waals surface area (Å²) in [5.41, 5.74) is 0.0205. The first kappa shape index (κ1) is 15.6. The van der Waals surface area contributed by atoms with Crippen molar-refractivity contribution >= 4 is 23.2 Å². The Morgan fingerprint density at radius 3 is 2.47 bits per heavy atom. The van der Waals surface area contributed by atoms with Crippen molar-refractivity contribution in [2.75, 3.05) is 13.2 Å². The molecule has 0 atom stereocenters. The van der Waals surface area contributed by atoms with Gasteiger partial charge in [-0.3, -0.25) is 4.79 Å². The maximum absolute atomic E-state index is 11.6. The molecule has 0 saturated heterocycles. The Labute approximate surface area is 115 Å². The Morgan fingerprint density at radius 2 is 2.00 bits per heavy atom. The molecule has 0 aliphatic carbocycles. The molecule has 1 aromatic rings. The van der Waals surface area contributed by atoms with Gasteiger partial charge in [0.15, 0.2) is 0 Å². The molecular weight excluding hydrogens is 268 g/mol. The van der Waals surface area contributed by atoms with Crippen LogP contribution < -0.4 is 5.32 Å². The van der Waals surface area contributed by atoms with E-state index in [1.54, 1.807) is 0 Å². The van der Waals surface area contributed by atoms with Crippen molar-refractivity contribution in [3.8, 4) is 0 Å². The van der Waals surface area contributed by atoms with Gasteiger partial charge in [-0.1, -0.05) is 20.8 Å². The van der Waals surface area contributed by atoms with Crippen LogP contribution in [0.4, 0.5) is 0 Å². The minimum Gasteiger partial charge on any atom is -0.477 e. The summed E-state index contributed by atoms with van der Waals surface area (Å²) in [6.07, 6.45) is -0.0891. The van der Waals surface area contributed by atoms with Crippen LogP contribution in [0.1, 0.15) is 41.1 Å². The Bertz CT molecular complexity index is 477. The summed E-state index contributed by atoms with van der Waals surface area (Å²) in [5, 5.41) is 20.9. The van der Waals surface area contributed by atoms with E-state index < -0.39 is 5.97 Å². The molecule has 0 fully saturated rings. The van der Waals surface area contributed by atoms with Gasteiger partial charge in [-0.2, -0.15) is 0 Å². The normalized spacial score (nSPS) is 11.4. The van der Waals surface area contributed by atoms with Gasteiger partial charge >= 0.3 is 5.97 Å². The van der Waals surface area contributed by atoms with Crippen molar-refractivity contribution in [2.24, 2.45) is 0 Å². The molecule has 0 saturated carbocycles. The lowest BCUT2D eigenvalue weighted by Crippen LogP contribution is -2.28. The van der Waals surface area contributed by atoms with Gasteiger partial charge in [-0.15, -0.1) is 11.3 Å². The molecule has 7 heteroatoms. The van der Waals surface area contributed by atoms with E-state index in [4.69, 9.17) is 10.2 Å². The maximum atomic E-state index is 11.6. The molecule has 0 aliphatic rings. The van der Waals surface area contributed by atoms with Crippen LogP contribution in [0.15, 0.2) is 0 Å². The van der Waals surface area contributed by atoms with Crippen LogP contribution in [0.5, 0.6) is 0 Å². The lowest BCUT2D eigenvalue weighted by atomic mass is 9.98. The first-order valence-corrected chi connectivity index (χ1v) is 6.68. The highest BCUT2D eigenvalue weighted by molar-refractivity contribution is 7.13. The first-order valence-electron chi connectivity index (χ1n) is 5.86. The second-order valence-electron chi connectivity index (χ2n) is 5.10. The van der Waals surface area contributed by atoms with Crippen LogP contribution in [0.3, 0.4) is 0 Å². The fourth-order valence-corrected chi connectivity index (χ4v) is 2.35. The first-order chi connectivity index (χ1) is 8.75. The molecule has 0 spiro atoms. The number of carbonyl (C=O) groups excluding carboxylic acids is 1. The zero-order valence-electron chi connectivity index (χ0n) is 11.2. The minimum absolute atomic E-state index is 0.0891. The van der Waals surface area contributed by atoms with Gasteiger partial charge in [-0.25, -0.2) is 9.78 Å². The third-order valence-corrected chi connectivity index (χ3v) is 3.81. The zero-order chi connectivity index (χ0) is 14.6. The van der Waals surface area contributed by atoms with Gasteiger partial charge in [-0.05, 0) is 0 Å². The number of nitrogens with one attached hydrogen (secondary N) is 1. The topological polar surface area (TPSA) is 99.5 Å². The van der Waals surface area contributed by atoms with E-state index in [0.29, 0.717) is 5.01 Å². The predicted octanol–water partition coefficient (Wildman–Crippen LogP) is 0.790. The summed E-state index contributed by atoms with van der Waals surface area (Å²) in [7, 11) is 0. The van der Waals surface area contributed by atoms with Gasteiger partial charge in [0.1, 0.15) is 4.88 Å². The van der Waals surface area contributed by atoms with E-state index in [2.05, 4.69) is 10.3 Å². The summed E-state index contributed by atoms with van der Waals surface area (Å²) in [6.45, 7) is 5.81. The summed E-state index contributed by atoms with van der Waals surface area (Å²) in [6, 6.07) is 0. The highest BCUT2D eigenvalue weighted by atomic mass is 32.1. The van der Waals surface area contributed by atoms with Crippen molar-refractivity contribution in [1.82, 2.24) is 10.3 Å². The van der Waals surface area contributed by atoms with Crippen LogP contribution >= 0.6 is 11.3 Å². The van der Waals surface area contributed by atoms with Gasteiger partial charge in [0.25, 0.3) is 0 Å². The van der Waals surface area contributed by atoms with Gasteiger partial charge in [0.2, 0.25) is 5.91 Å². The third-order valence-electron chi connectivity index (χ3n) is 2.30. The molecule has 1 heterocycles. The fourth-order valence-electron chi connectivity index (χ4n) is 1.37. The van der Waals surface area contributed by atoms with Crippen molar-refractivity contribution in [3.05, 3.63) is 15.6 Å². The van der Waals surface area contributed by atoms with E-state index in [1.165, 1.54) is 0 Å². The number of aliphatic hydroxyl groups excluding tert-OH is 1. The van der Waals surface area contributed by atoms with Gasteiger partial charge in [0.05, 0.1) is 23.7 Å². The number of thiazole rings is 1. The van der Waals surface area contributed by atoms with Gasteiger partial charge < -0.3 is 15.5 Å². The summed E-state index contributed by atoms with van der Waals surface area (Å²) >= 11 is 1.10. The molecule has 1 amide bonds. The van der Waals surface area contributed by atoms with Crippen LogP contribution in [0.2, 0.25) is 0 Å². The van der Waals surface area contributed by atoms with E-state index in [9.17, 15) is 9.59 Å². The molecule has 0 aliphatic heterocycles. The van der Waals surface area contributed by atoms with Crippen molar-refractivity contribution in [2.45, 2.75) is 32.6 Å². The number of amides is 1. The number of hydrogen-bond donors (Lipinski definition) is 3. The monoisotopic (exact) mass is 286 g/mol. The summed E-state index contributed by atoms with van der Waals surface area (Å²) < 4.78 is 0. The Balaban J connectivity index is 2.96. The second kappa shape index (κ2) is 6.12. The number of nitrogens with zero attached hydrogens (tertiary/aromatic N) is 1. The highest BCUT2D eigenvalue weighted by Crippen LogP contribution is 2.29. The SMILES string of the molecule is CC(C)(C)c1nc(CC(=O)NCCO)c(C(=O)O)s1. The highest BCUT2D eigenvalue weighted by Gasteiger charge is 2.25. The Hall–Kier alpha value is -1.47. The number of carboxylic acids is 1. The number of rotatable bonds is 5. The molecule has 19 heavy (non-hydrogen) atoms. The molecule has 0 unspecified atom stereocenters. The molecular formula is C12H18N2O4S.